The first kappa shape index (κ1) is 20.5. The van der Waals surface area contributed by atoms with Crippen molar-refractivity contribution in [2.45, 2.75) is 23.2 Å². The zero-order valence-electron chi connectivity index (χ0n) is 16.3. The molecule has 0 spiro atoms. The van der Waals surface area contributed by atoms with Crippen molar-refractivity contribution in [3.05, 3.63) is 58.6 Å². The Morgan fingerprint density at radius 3 is 2.28 bits per heavy atom. The second-order valence-corrected chi connectivity index (χ2v) is 10.6. The fourth-order valence-electron chi connectivity index (χ4n) is 3.70. The lowest BCUT2D eigenvalue weighted by Gasteiger charge is -2.31. The van der Waals surface area contributed by atoms with Crippen molar-refractivity contribution < 1.29 is 13.2 Å². The maximum absolute atomic E-state index is 12.9. The summed E-state index contributed by atoms with van der Waals surface area (Å²) < 4.78 is 28.1. The van der Waals surface area contributed by atoms with E-state index in [-0.39, 0.29) is 10.8 Å². The molecule has 1 heterocycles. The number of hydrogen-bond acceptors (Lipinski definition) is 4. The van der Waals surface area contributed by atoms with Crippen LogP contribution in [-0.2, 0) is 20.2 Å². The van der Waals surface area contributed by atoms with Crippen molar-refractivity contribution in [3.63, 3.8) is 0 Å². The molecule has 8 heteroatoms. The summed E-state index contributed by atoms with van der Waals surface area (Å²) >= 11 is 3.47. The van der Waals surface area contributed by atoms with Crippen molar-refractivity contribution in [2.24, 2.45) is 0 Å². The highest BCUT2D eigenvalue weighted by Gasteiger charge is 2.51. The first-order valence-electron chi connectivity index (χ1n) is 9.68. The number of halogens is 1. The van der Waals surface area contributed by atoms with Gasteiger partial charge in [-0.2, -0.15) is 4.31 Å². The number of amides is 1. The SMILES string of the molecule is CN1CCN(S(=O)(=O)c2ccc(NC(=O)C3(c4cccc(Br)c4)CC3)cc2)CC1. The standard InChI is InChI=1S/C21H24BrN3O3S/c1-24-11-13-25(14-12-24)29(27,28)19-7-5-18(6-8-19)23-20(26)21(9-10-21)16-3-2-4-17(22)15-16/h2-8,15H,9-14H2,1H3,(H,23,26). The Kier molecular flexibility index (Phi) is 5.54. The van der Waals surface area contributed by atoms with Crippen LogP contribution in [0.1, 0.15) is 18.4 Å². The van der Waals surface area contributed by atoms with Gasteiger partial charge in [0.05, 0.1) is 10.3 Å². The second kappa shape index (κ2) is 7.83. The average Bonchev–Trinajstić information content (AvgIpc) is 3.51. The minimum Gasteiger partial charge on any atom is -0.325 e. The molecule has 2 aromatic rings. The number of nitrogens with one attached hydrogen (secondary N) is 1. The van der Waals surface area contributed by atoms with E-state index in [1.165, 1.54) is 4.31 Å². The molecule has 0 radical (unpaired) electrons. The third kappa shape index (κ3) is 4.12. The monoisotopic (exact) mass is 477 g/mol. The Morgan fingerprint density at radius 2 is 1.69 bits per heavy atom. The second-order valence-electron chi connectivity index (χ2n) is 7.78. The molecule has 6 nitrogen and oxygen atoms in total. The summed E-state index contributed by atoms with van der Waals surface area (Å²) in [4.78, 5) is 15.3. The molecule has 2 aliphatic rings. The van der Waals surface area contributed by atoms with E-state index in [4.69, 9.17) is 0 Å². The van der Waals surface area contributed by atoms with Crippen molar-refractivity contribution in [1.29, 1.82) is 0 Å². The van der Waals surface area contributed by atoms with Crippen LogP contribution in [0.2, 0.25) is 0 Å². The van der Waals surface area contributed by atoms with Crippen LogP contribution in [0.5, 0.6) is 0 Å². The van der Waals surface area contributed by atoms with Gasteiger partial charge in [0.1, 0.15) is 0 Å². The number of sulfonamides is 1. The van der Waals surface area contributed by atoms with Crippen LogP contribution >= 0.6 is 15.9 Å². The van der Waals surface area contributed by atoms with Crippen LogP contribution in [-0.4, -0.2) is 56.8 Å². The van der Waals surface area contributed by atoms with Gasteiger partial charge in [-0.3, -0.25) is 4.79 Å². The lowest BCUT2D eigenvalue weighted by Crippen LogP contribution is -2.46. The molecule has 1 aliphatic carbocycles. The zero-order valence-corrected chi connectivity index (χ0v) is 18.7. The molecule has 0 bridgehead atoms. The Hall–Kier alpha value is -1.74. The normalized spacial score (nSPS) is 19.7. The maximum Gasteiger partial charge on any atom is 0.243 e. The predicted octanol–water partition coefficient (Wildman–Crippen LogP) is 3.06. The van der Waals surface area contributed by atoms with E-state index in [1.54, 1.807) is 24.3 Å². The molecule has 1 amide bonds. The molecule has 0 aromatic heterocycles. The smallest absolute Gasteiger partial charge is 0.243 e. The number of anilines is 1. The molecule has 0 atom stereocenters. The molecule has 1 saturated heterocycles. The number of rotatable bonds is 5. The summed E-state index contributed by atoms with van der Waals surface area (Å²) in [5.41, 5.74) is 1.11. The Balaban J connectivity index is 1.47. The lowest BCUT2D eigenvalue weighted by atomic mass is 9.95. The summed E-state index contributed by atoms with van der Waals surface area (Å²) in [7, 11) is -1.52. The Morgan fingerprint density at radius 1 is 1.03 bits per heavy atom. The summed E-state index contributed by atoms with van der Waals surface area (Å²) in [5, 5.41) is 2.96. The van der Waals surface area contributed by atoms with Crippen molar-refractivity contribution >= 4 is 37.5 Å². The minimum atomic E-state index is -3.51. The number of benzene rings is 2. The topological polar surface area (TPSA) is 69.7 Å². The van der Waals surface area contributed by atoms with Crippen LogP contribution in [0.4, 0.5) is 5.69 Å². The molecule has 154 valence electrons. The molecule has 1 saturated carbocycles. The van der Waals surface area contributed by atoms with Gasteiger partial charge in [-0.15, -0.1) is 0 Å². The summed E-state index contributed by atoms with van der Waals surface area (Å²) in [6.45, 7) is 2.44. The number of nitrogens with zero attached hydrogens (tertiary/aromatic N) is 2. The van der Waals surface area contributed by atoms with Gasteiger partial charge in [-0.25, -0.2) is 8.42 Å². The summed E-state index contributed by atoms with van der Waals surface area (Å²) in [6.07, 6.45) is 1.62. The van der Waals surface area contributed by atoms with E-state index in [1.807, 2.05) is 31.3 Å². The van der Waals surface area contributed by atoms with Gasteiger partial charge in [0.2, 0.25) is 15.9 Å². The van der Waals surface area contributed by atoms with Gasteiger partial charge in [0.25, 0.3) is 0 Å². The fraction of sp³-hybridized carbons (Fsp3) is 0.381. The fourth-order valence-corrected chi connectivity index (χ4v) is 5.52. The zero-order chi connectivity index (χ0) is 20.6. The maximum atomic E-state index is 12.9. The van der Waals surface area contributed by atoms with Gasteiger partial charge in [-0.05, 0) is 61.9 Å². The molecule has 4 rings (SSSR count). The van der Waals surface area contributed by atoms with E-state index in [0.717, 1.165) is 36.0 Å². The van der Waals surface area contributed by atoms with Crippen LogP contribution in [0.25, 0.3) is 0 Å². The highest BCUT2D eigenvalue weighted by molar-refractivity contribution is 9.10. The lowest BCUT2D eigenvalue weighted by molar-refractivity contribution is -0.118. The molecular formula is C21H24BrN3O3S. The predicted molar refractivity (Wildman–Crippen MR) is 116 cm³/mol. The van der Waals surface area contributed by atoms with Crippen LogP contribution in [0.15, 0.2) is 57.9 Å². The largest absolute Gasteiger partial charge is 0.325 e. The van der Waals surface area contributed by atoms with E-state index < -0.39 is 15.4 Å². The van der Waals surface area contributed by atoms with E-state index in [2.05, 4.69) is 26.1 Å². The van der Waals surface area contributed by atoms with Crippen LogP contribution in [0, 0.1) is 0 Å². The molecule has 1 N–H and O–H groups in total. The van der Waals surface area contributed by atoms with Gasteiger partial charge >= 0.3 is 0 Å². The summed E-state index contributed by atoms with van der Waals surface area (Å²) in [6, 6.07) is 14.3. The molecular weight excluding hydrogens is 454 g/mol. The third-order valence-corrected chi connectivity index (χ3v) is 8.18. The number of carbonyl (C=O) groups is 1. The highest BCUT2D eigenvalue weighted by Crippen LogP contribution is 2.49. The quantitative estimate of drug-likeness (QED) is 0.718. The average molecular weight is 478 g/mol. The molecule has 2 fully saturated rings. The molecule has 2 aromatic carbocycles. The molecule has 0 unspecified atom stereocenters. The van der Waals surface area contributed by atoms with E-state index in [0.29, 0.717) is 18.8 Å². The van der Waals surface area contributed by atoms with Crippen LogP contribution < -0.4 is 5.32 Å². The first-order chi connectivity index (χ1) is 13.8. The van der Waals surface area contributed by atoms with E-state index >= 15 is 0 Å². The van der Waals surface area contributed by atoms with Crippen molar-refractivity contribution in [2.75, 3.05) is 38.5 Å². The Bertz CT molecular complexity index is 1010. The van der Waals surface area contributed by atoms with Crippen molar-refractivity contribution in [3.8, 4) is 0 Å². The Labute approximate surface area is 180 Å². The number of piperazine rings is 1. The minimum absolute atomic E-state index is 0.0507. The van der Waals surface area contributed by atoms with Gasteiger partial charge in [-0.1, -0.05) is 28.1 Å². The first-order valence-corrected chi connectivity index (χ1v) is 11.9. The van der Waals surface area contributed by atoms with Crippen molar-refractivity contribution in [1.82, 2.24) is 9.21 Å². The van der Waals surface area contributed by atoms with Gasteiger partial charge in [0.15, 0.2) is 0 Å². The van der Waals surface area contributed by atoms with E-state index in [9.17, 15) is 13.2 Å². The third-order valence-electron chi connectivity index (χ3n) is 5.77. The highest BCUT2D eigenvalue weighted by atomic mass is 79.9. The molecule has 29 heavy (non-hydrogen) atoms. The number of likely N-dealkylation sites (N-methyl/N-ethyl adjacent to an activating group) is 1. The summed E-state index contributed by atoms with van der Waals surface area (Å²) in [5.74, 6) is -0.0507. The van der Waals surface area contributed by atoms with Gasteiger partial charge < -0.3 is 10.2 Å². The van der Waals surface area contributed by atoms with Gasteiger partial charge in [0, 0.05) is 36.3 Å². The number of carbonyl (C=O) groups excluding carboxylic acids is 1. The van der Waals surface area contributed by atoms with Crippen LogP contribution in [0.3, 0.4) is 0 Å². The molecule has 1 aliphatic heterocycles. The number of hydrogen-bond donors (Lipinski definition) is 1.